The van der Waals surface area contributed by atoms with Gasteiger partial charge in [0.05, 0.1) is 0 Å². The lowest BCUT2D eigenvalue weighted by Crippen LogP contribution is -2.05. The topological polar surface area (TPSA) is 68.0 Å². The number of anilines is 1. The van der Waals surface area contributed by atoms with Crippen LogP contribution in [0.4, 0.5) is 5.82 Å². The van der Waals surface area contributed by atoms with Gasteiger partial charge in [0.1, 0.15) is 5.82 Å². The molecule has 0 unspecified atom stereocenters. The Bertz CT molecular complexity index is 1020. The van der Waals surface area contributed by atoms with E-state index in [4.69, 9.17) is 0 Å². The van der Waals surface area contributed by atoms with Crippen LogP contribution < -0.4 is 5.32 Å². The third-order valence-corrected chi connectivity index (χ3v) is 4.34. The first-order valence-corrected chi connectivity index (χ1v) is 9.13. The largest absolute Gasteiger partial charge is 0.365 e. The molecule has 0 fully saturated rings. The van der Waals surface area contributed by atoms with E-state index in [1.807, 2.05) is 24.3 Å². The van der Waals surface area contributed by atoms with Gasteiger partial charge in [0, 0.05) is 24.5 Å². The lowest BCUT2D eigenvalue weighted by Gasteiger charge is -2.08. The maximum atomic E-state index is 4.64. The molecule has 1 N–H and O–H groups in total. The predicted octanol–water partition coefficient (Wildman–Crippen LogP) is 4.00. The molecule has 4 aromatic rings. The molecule has 0 atom stereocenters. The van der Waals surface area contributed by atoms with Crippen LogP contribution >= 0.6 is 0 Å². The second kappa shape index (κ2) is 7.53. The highest BCUT2D eigenvalue weighted by molar-refractivity contribution is 5.58. The van der Waals surface area contributed by atoms with E-state index in [1.165, 1.54) is 11.1 Å². The molecule has 0 aliphatic heterocycles. The Morgan fingerprint density at radius 1 is 0.889 bits per heavy atom. The van der Waals surface area contributed by atoms with Gasteiger partial charge in [-0.05, 0) is 47.7 Å². The van der Waals surface area contributed by atoms with E-state index in [1.54, 1.807) is 16.9 Å². The molecule has 0 amide bonds. The first kappa shape index (κ1) is 17.1. The van der Waals surface area contributed by atoms with E-state index in [-0.39, 0.29) is 0 Å². The van der Waals surface area contributed by atoms with E-state index in [9.17, 15) is 0 Å². The fraction of sp³-hybridized carbons (Fsp3) is 0.238. The van der Waals surface area contributed by atoms with Crippen LogP contribution in [0.2, 0.25) is 0 Å². The van der Waals surface area contributed by atoms with Crippen LogP contribution in [0.5, 0.6) is 0 Å². The number of benzene rings is 1. The summed E-state index contributed by atoms with van der Waals surface area (Å²) < 4.78 is 1.75. The molecule has 1 aromatic carbocycles. The summed E-state index contributed by atoms with van der Waals surface area (Å²) in [6.07, 6.45) is 4.58. The number of aromatic nitrogens is 5. The number of fused-ring (bicyclic) bond motifs is 1. The molecule has 0 saturated carbocycles. The minimum absolute atomic E-state index is 0.670. The predicted molar refractivity (Wildman–Crippen MR) is 106 cm³/mol. The summed E-state index contributed by atoms with van der Waals surface area (Å²) in [7, 11) is 0. The zero-order chi connectivity index (χ0) is 18.6. The lowest BCUT2D eigenvalue weighted by molar-refractivity contribution is 0.647. The zero-order valence-corrected chi connectivity index (χ0v) is 15.5. The van der Waals surface area contributed by atoms with Crippen molar-refractivity contribution in [3.05, 3.63) is 72.1 Å². The van der Waals surface area contributed by atoms with Gasteiger partial charge in [-0.1, -0.05) is 38.1 Å². The summed E-state index contributed by atoms with van der Waals surface area (Å²) in [6.45, 7) is 5.19. The minimum Gasteiger partial charge on any atom is -0.365 e. The summed E-state index contributed by atoms with van der Waals surface area (Å²) in [5.74, 6) is 2.15. The highest BCUT2D eigenvalue weighted by Gasteiger charge is 2.09. The van der Waals surface area contributed by atoms with Gasteiger partial charge >= 0.3 is 0 Å². The van der Waals surface area contributed by atoms with Crippen molar-refractivity contribution in [1.82, 2.24) is 24.8 Å². The number of nitrogens with one attached hydrogen (secondary N) is 1. The van der Waals surface area contributed by atoms with Crippen molar-refractivity contribution in [3.63, 3.8) is 0 Å². The van der Waals surface area contributed by atoms with E-state index < -0.39 is 0 Å². The average Bonchev–Trinajstić information content (AvgIpc) is 3.11. The van der Waals surface area contributed by atoms with E-state index in [2.05, 4.69) is 63.7 Å². The van der Waals surface area contributed by atoms with Gasteiger partial charge in [0.15, 0.2) is 11.5 Å². The van der Waals surface area contributed by atoms with Crippen LogP contribution in [0.25, 0.3) is 17.0 Å². The zero-order valence-electron chi connectivity index (χ0n) is 15.5. The second-order valence-corrected chi connectivity index (χ2v) is 7.02. The molecule has 3 aromatic heterocycles. The molecule has 27 heavy (non-hydrogen) atoms. The van der Waals surface area contributed by atoms with Crippen LogP contribution in [0.15, 0.2) is 60.9 Å². The Labute approximate surface area is 158 Å². The smallest absolute Gasteiger partial charge is 0.185 e. The van der Waals surface area contributed by atoms with Crippen molar-refractivity contribution in [2.45, 2.75) is 26.8 Å². The third-order valence-electron chi connectivity index (χ3n) is 4.34. The van der Waals surface area contributed by atoms with Crippen molar-refractivity contribution >= 4 is 11.5 Å². The number of hydrogen-bond donors (Lipinski definition) is 1. The van der Waals surface area contributed by atoms with Crippen LogP contribution in [-0.4, -0.2) is 24.8 Å². The number of rotatable bonds is 6. The van der Waals surface area contributed by atoms with E-state index in [0.717, 1.165) is 17.8 Å². The molecule has 3 heterocycles. The standard InChI is InChI=1S/C21H22N6/c1-15(2)13-16-3-5-17(6-4-16)14-23-19-7-8-20-24-25-21(27(20)26-19)18-9-11-22-12-10-18/h3-12,15H,13-14H2,1-2H3,(H,23,26). The maximum Gasteiger partial charge on any atom is 0.185 e. The van der Waals surface area contributed by atoms with Gasteiger partial charge in [0.25, 0.3) is 0 Å². The molecule has 0 bridgehead atoms. The monoisotopic (exact) mass is 358 g/mol. The molecular formula is C21H22N6. The van der Waals surface area contributed by atoms with Crippen molar-refractivity contribution < 1.29 is 0 Å². The van der Waals surface area contributed by atoms with Gasteiger partial charge in [-0.25, -0.2) is 0 Å². The maximum absolute atomic E-state index is 4.64. The van der Waals surface area contributed by atoms with E-state index >= 15 is 0 Å². The van der Waals surface area contributed by atoms with Crippen molar-refractivity contribution in [2.24, 2.45) is 5.92 Å². The fourth-order valence-electron chi connectivity index (χ4n) is 3.02. The van der Waals surface area contributed by atoms with E-state index in [0.29, 0.717) is 23.9 Å². The first-order chi connectivity index (χ1) is 13.2. The molecule has 136 valence electrons. The van der Waals surface area contributed by atoms with Crippen molar-refractivity contribution in [3.8, 4) is 11.4 Å². The molecule has 0 radical (unpaired) electrons. The molecule has 0 aliphatic carbocycles. The Morgan fingerprint density at radius 2 is 1.63 bits per heavy atom. The highest BCUT2D eigenvalue weighted by atomic mass is 15.4. The highest BCUT2D eigenvalue weighted by Crippen LogP contribution is 2.18. The SMILES string of the molecule is CC(C)Cc1ccc(CNc2ccc3nnc(-c4ccncc4)n3n2)cc1. The van der Waals surface area contributed by atoms with Crippen LogP contribution in [0.3, 0.4) is 0 Å². The van der Waals surface area contributed by atoms with Crippen LogP contribution in [0.1, 0.15) is 25.0 Å². The fourth-order valence-corrected chi connectivity index (χ4v) is 3.02. The molecule has 6 heteroatoms. The normalized spacial score (nSPS) is 11.2. The van der Waals surface area contributed by atoms with Gasteiger partial charge < -0.3 is 5.32 Å². The minimum atomic E-state index is 0.670. The van der Waals surface area contributed by atoms with Gasteiger partial charge in [-0.3, -0.25) is 4.98 Å². The van der Waals surface area contributed by atoms with Gasteiger partial charge in [-0.2, -0.15) is 4.52 Å². The summed E-state index contributed by atoms with van der Waals surface area (Å²) in [4.78, 5) is 4.05. The summed E-state index contributed by atoms with van der Waals surface area (Å²) in [6, 6.07) is 16.4. The quantitative estimate of drug-likeness (QED) is 0.564. The summed E-state index contributed by atoms with van der Waals surface area (Å²) >= 11 is 0. The second-order valence-electron chi connectivity index (χ2n) is 7.02. The first-order valence-electron chi connectivity index (χ1n) is 9.13. The molecule has 4 rings (SSSR count). The summed E-state index contributed by atoms with van der Waals surface area (Å²) in [5.41, 5.74) is 4.25. The Balaban J connectivity index is 1.51. The molecule has 0 aliphatic rings. The Kier molecular flexibility index (Phi) is 4.78. The average molecular weight is 358 g/mol. The van der Waals surface area contributed by atoms with Gasteiger partial charge in [-0.15, -0.1) is 15.3 Å². The molecule has 6 nitrogen and oxygen atoms in total. The number of pyridine rings is 1. The molecular weight excluding hydrogens is 336 g/mol. The Hall–Kier alpha value is -3.28. The Morgan fingerprint density at radius 3 is 2.37 bits per heavy atom. The van der Waals surface area contributed by atoms with Gasteiger partial charge in [0.2, 0.25) is 0 Å². The van der Waals surface area contributed by atoms with Crippen molar-refractivity contribution in [2.75, 3.05) is 5.32 Å². The number of hydrogen-bond acceptors (Lipinski definition) is 5. The molecule has 0 spiro atoms. The lowest BCUT2D eigenvalue weighted by atomic mass is 10.0. The van der Waals surface area contributed by atoms with Crippen LogP contribution in [-0.2, 0) is 13.0 Å². The molecule has 0 saturated heterocycles. The van der Waals surface area contributed by atoms with Crippen LogP contribution in [0, 0.1) is 5.92 Å². The van der Waals surface area contributed by atoms with Crippen molar-refractivity contribution in [1.29, 1.82) is 0 Å². The number of nitrogens with zero attached hydrogens (tertiary/aromatic N) is 5. The summed E-state index contributed by atoms with van der Waals surface area (Å²) in [5, 5.41) is 16.5. The third kappa shape index (κ3) is 3.95.